The van der Waals surface area contributed by atoms with E-state index in [1.807, 2.05) is 102 Å². The van der Waals surface area contributed by atoms with Gasteiger partial charge in [-0.2, -0.15) is 0 Å². The first-order valence-electron chi connectivity index (χ1n) is 15.1. The zero-order chi connectivity index (χ0) is 32.8. The highest BCUT2D eigenvalue weighted by Crippen LogP contribution is 2.27. The van der Waals surface area contributed by atoms with Crippen molar-refractivity contribution < 1.29 is 18.0 Å². The van der Waals surface area contributed by atoms with Crippen molar-refractivity contribution in [3.8, 4) is 0 Å². The second-order valence-corrected chi connectivity index (χ2v) is 14.5. The number of rotatable bonds is 11. The van der Waals surface area contributed by atoms with Crippen LogP contribution in [0.4, 0.5) is 5.69 Å². The van der Waals surface area contributed by atoms with Crippen LogP contribution in [0.1, 0.15) is 48.6 Å². The SMILES string of the molecule is Cc1ccc(CN(C(=O)CN(c2cc(C)cc(C)c2)S(=O)(=O)c2ccccc2)C(Cc2ccccc2)C(=O)NC(C)(C)C)cc1. The molecule has 0 radical (unpaired) electrons. The Kier molecular flexibility index (Phi) is 10.5. The quantitative estimate of drug-likeness (QED) is 0.210. The molecule has 236 valence electrons. The molecule has 0 saturated heterocycles. The van der Waals surface area contributed by atoms with Crippen LogP contribution in [0.25, 0.3) is 0 Å². The van der Waals surface area contributed by atoms with Gasteiger partial charge in [0.05, 0.1) is 10.6 Å². The summed E-state index contributed by atoms with van der Waals surface area (Å²) in [5, 5.41) is 3.06. The Morgan fingerprint density at radius 2 is 1.29 bits per heavy atom. The Hall–Kier alpha value is -4.43. The average Bonchev–Trinajstić information content (AvgIpc) is 2.98. The van der Waals surface area contributed by atoms with E-state index in [-0.39, 0.29) is 23.8 Å². The fourth-order valence-electron chi connectivity index (χ4n) is 5.24. The normalized spacial score (nSPS) is 12.3. The molecule has 0 aliphatic heterocycles. The van der Waals surface area contributed by atoms with Crippen LogP contribution in [0, 0.1) is 20.8 Å². The van der Waals surface area contributed by atoms with Gasteiger partial charge in [-0.15, -0.1) is 0 Å². The van der Waals surface area contributed by atoms with E-state index < -0.39 is 34.1 Å². The Morgan fingerprint density at radius 3 is 1.84 bits per heavy atom. The molecule has 0 bridgehead atoms. The molecule has 1 atom stereocenters. The summed E-state index contributed by atoms with van der Waals surface area (Å²) in [7, 11) is -4.14. The van der Waals surface area contributed by atoms with Gasteiger partial charge in [-0.25, -0.2) is 8.42 Å². The maximum atomic E-state index is 14.6. The Bertz CT molecular complexity index is 1700. The van der Waals surface area contributed by atoms with Gasteiger partial charge in [-0.3, -0.25) is 13.9 Å². The predicted octanol–water partition coefficient (Wildman–Crippen LogP) is 6.36. The number of sulfonamides is 1. The summed E-state index contributed by atoms with van der Waals surface area (Å²) < 4.78 is 29.5. The summed E-state index contributed by atoms with van der Waals surface area (Å²) in [4.78, 5) is 30.2. The minimum atomic E-state index is -4.14. The van der Waals surface area contributed by atoms with Crippen molar-refractivity contribution in [2.45, 2.75) is 71.0 Å². The lowest BCUT2D eigenvalue weighted by molar-refractivity contribution is -0.140. The van der Waals surface area contributed by atoms with Crippen molar-refractivity contribution in [2.24, 2.45) is 0 Å². The van der Waals surface area contributed by atoms with Crippen molar-refractivity contribution >= 4 is 27.5 Å². The third kappa shape index (κ3) is 9.05. The molecule has 4 aromatic rings. The van der Waals surface area contributed by atoms with Gasteiger partial charge in [0.25, 0.3) is 10.0 Å². The van der Waals surface area contributed by atoms with E-state index in [1.54, 1.807) is 30.3 Å². The number of carbonyl (C=O) groups is 2. The molecule has 2 amide bonds. The minimum absolute atomic E-state index is 0.0772. The molecule has 4 rings (SSSR count). The highest BCUT2D eigenvalue weighted by atomic mass is 32.2. The number of carbonyl (C=O) groups excluding carboxylic acids is 2. The maximum Gasteiger partial charge on any atom is 0.264 e. The van der Waals surface area contributed by atoms with Crippen molar-refractivity contribution in [3.63, 3.8) is 0 Å². The molecule has 0 fully saturated rings. The van der Waals surface area contributed by atoms with E-state index in [0.29, 0.717) is 5.69 Å². The van der Waals surface area contributed by atoms with E-state index in [0.717, 1.165) is 32.1 Å². The first-order valence-corrected chi connectivity index (χ1v) is 16.5. The fourth-order valence-corrected chi connectivity index (χ4v) is 6.66. The summed E-state index contributed by atoms with van der Waals surface area (Å²) >= 11 is 0. The van der Waals surface area contributed by atoms with E-state index in [4.69, 9.17) is 0 Å². The van der Waals surface area contributed by atoms with Crippen molar-refractivity contribution in [1.82, 2.24) is 10.2 Å². The smallest absolute Gasteiger partial charge is 0.264 e. The van der Waals surface area contributed by atoms with Crippen LogP contribution in [0.5, 0.6) is 0 Å². The summed E-state index contributed by atoms with van der Waals surface area (Å²) in [5.74, 6) is -0.796. The highest BCUT2D eigenvalue weighted by Gasteiger charge is 2.35. The summed E-state index contributed by atoms with van der Waals surface area (Å²) in [6.45, 7) is 11.1. The van der Waals surface area contributed by atoms with Crippen LogP contribution in [-0.2, 0) is 32.6 Å². The number of nitrogens with zero attached hydrogens (tertiary/aromatic N) is 2. The minimum Gasteiger partial charge on any atom is -0.350 e. The Balaban J connectivity index is 1.83. The Labute approximate surface area is 268 Å². The van der Waals surface area contributed by atoms with Crippen molar-refractivity contribution in [3.05, 3.63) is 131 Å². The molecule has 0 spiro atoms. The average molecular weight is 626 g/mol. The zero-order valence-corrected chi connectivity index (χ0v) is 27.8. The first-order chi connectivity index (χ1) is 21.2. The molecule has 0 saturated carbocycles. The van der Waals surface area contributed by atoms with Crippen molar-refractivity contribution in [1.29, 1.82) is 0 Å². The van der Waals surface area contributed by atoms with Gasteiger partial charge in [0.1, 0.15) is 12.6 Å². The van der Waals surface area contributed by atoms with Gasteiger partial charge in [0.15, 0.2) is 0 Å². The van der Waals surface area contributed by atoms with E-state index in [2.05, 4.69) is 5.32 Å². The predicted molar refractivity (Wildman–Crippen MR) is 180 cm³/mol. The largest absolute Gasteiger partial charge is 0.350 e. The van der Waals surface area contributed by atoms with E-state index in [9.17, 15) is 18.0 Å². The van der Waals surface area contributed by atoms with Crippen LogP contribution >= 0.6 is 0 Å². The third-order valence-corrected chi connectivity index (χ3v) is 9.14. The monoisotopic (exact) mass is 625 g/mol. The molecular formula is C37H43N3O4S. The van der Waals surface area contributed by atoms with Crippen LogP contribution in [0.3, 0.4) is 0 Å². The highest BCUT2D eigenvalue weighted by molar-refractivity contribution is 7.92. The van der Waals surface area contributed by atoms with Crippen LogP contribution < -0.4 is 9.62 Å². The lowest BCUT2D eigenvalue weighted by atomic mass is 10.0. The molecule has 0 aliphatic rings. The van der Waals surface area contributed by atoms with Crippen LogP contribution in [-0.4, -0.2) is 43.3 Å². The summed E-state index contributed by atoms with van der Waals surface area (Å²) in [6, 6.07) is 30.0. The molecule has 0 aromatic heterocycles. The number of anilines is 1. The topological polar surface area (TPSA) is 86.8 Å². The van der Waals surface area contributed by atoms with Gasteiger partial charge in [0, 0.05) is 18.5 Å². The lowest BCUT2D eigenvalue weighted by Gasteiger charge is -2.35. The van der Waals surface area contributed by atoms with Gasteiger partial charge in [-0.1, -0.05) is 84.4 Å². The van der Waals surface area contributed by atoms with Crippen molar-refractivity contribution in [2.75, 3.05) is 10.8 Å². The van der Waals surface area contributed by atoms with E-state index >= 15 is 0 Å². The molecule has 1 unspecified atom stereocenters. The summed E-state index contributed by atoms with van der Waals surface area (Å²) in [5.41, 5.74) is 4.36. The maximum absolute atomic E-state index is 14.6. The molecule has 8 heteroatoms. The fraction of sp³-hybridized carbons (Fsp3) is 0.297. The van der Waals surface area contributed by atoms with Crippen LogP contribution in [0.15, 0.2) is 108 Å². The number of hydrogen-bond donors (Lipinski definition) is 1. The lowest BCUT2D eigenvalue weighted by Crippen LogP contribution is -2.56. The van der Waals surface area contributed by atoms with Gasteiger partial charge >= 0.3 is 0 Å². The molecule has 0 heterocycles. The molecule has 7 nitrogen and oxygen atoms in total. The summed E-state index contributed by atoms with van der Waals surface area (Å²) in [6.07, 6.45) is 0.259. The molecule has 0 aliphatic carbocycles. The number of nitrogens with one attached hydrogen (secondary N) is 1. The van der Waals surface area contributed by atoms with Gasteiger partial charge < -0.3 is 10.2 Å². The Morgan fingerprint density at radius 1 is 0.733 bits per heavy atom. The third-order valence-electron chi connectivity index (χ3n) is 7.35. The molecular weight excluding hydrogens is 582 g/mol. The standard InChI is InChI=1S/C37H43N3O4S/c1-27-17-19-31(20-18-27)25-39(34(36(42)38-37(4,5)6)24-30-13-9-7-10-14-30)35(41)26-40(32-22-28(2)21-29(3)23-32)45(43,44)33-15-11-8-12-16-33/h7-23,34H,24-26H2,1-6H3,(H,38,42). The molecule has 1 N–H and O–H groups in total. The number of amides is 2. The molecule has 45 heavy (non-hydrogen) atoms. The first kappa shape index (κ1) is 33.5. The second-order valence-electron chi connectivity index (χ2n) is 12.6. The number of aryl methyl sites for hydroxylation is 3. The van der Waals surface area contributed by atoms with Gasteiger partial charge in [-0.05, 0) is 88.1 Å². The van der Waals surface area contributed by atoms with E-state index in [1.165, 1.54) is 17.0 Å². The van der Waals surface area contributed by atoms with Gasteiger partial charge in [0.2, 0.25) is 11.8 Å². The zero-order valence-electron chi connectivity index (χ0n) is 26.9. The van der Waals surface area contributed by atoms with Crippen LogP contribution in [0.2, 0.25) is 0 Å². The second kappa shape index (κ2) is 14.1. The number of benzene rings is 4. The number of hydrogen-bond acceptors (Lipinski definition) is 4. The molecule has 4 aromatic carbocycles.